The van der Waals surface area contributed by atoms with Gasteiger partial charge in [-0.2, -0.15) is 5.10 Å². The van der Waals surface area contributed by atoms with Gasteiger partial charge in [0.2, 0.25) is 0 Å². The summed E-state index contributed by atoms with van der Waals surface area (Å²) in [5.41, 5.74) is 3.21. The van der Waals surface area contributed by atoms with Crippen LogP contribution in [0.5, 0.6) is 0 Å². The number of hydrogen-bond donors (Lipinski definition) is 1. The average Bonchev–Trinajstić information content (AvgIpc) is 3.09. The van der Waals surface area contributed by atoms with Gasteiger partial charge in [0.15, 0.2) is 12.0 Å². The zero-order valence-electron chi connectivity index (χ0n) is 15.2. The van der Waals surface area contributed by atoms with Gasteiger partial charge in [-0.15, -0.1) is 0 Å². The van der Waals surface area contributed by atoms with Crippen LogP contribution in [0.2, 0.25) is 0 Å². The first kappa shape index (κ1) is 16.8. The van der Waals surface area contributed by atoms with Gasteiger partial charge in [0.05, 0.1) is 12.1 Å². The summed E-state index contributed by atoms with van der Waals surface area (Å²) < 4.78 is 1.91. The molecule has 0 fully saturated rings. The lowest BCUT2D eigenvalue weighted by molar-refractivity contribution is 0.0933. The molecule has 1 aliphatic heterocycles. The predicted octanol–water partition coefficient (Wildman–Crippen LogP) is 2.56. The first-order valence-electron chi connectivity index (χ1n) is 8.70. The lowest BCUT2D eigenvalue weighted by atomic mass is 10.1. The molecule has 2 heterocycles. The Balaban J connectivity index is 1.84. The highest BCUT2D eigenvalue weighted by Crippen LogP contribution is 2.38. The fourth-order valence-corrected chi connectivity index (χ4v) is 3.43. The van der Waals surface area contributed by atoms with Crippen molar-refractivity contribution < 1.29 is 9.90 Å². The van der Waals surface area contributed by atoms with E-state index in [2.05, 4.69) is 4.90 Å². The third kappa shape index (κ3) is 2.58. The molecule has 6 nitrogen and oxygen atoms in total. The number of aryl methyl sites for hydroxylation is 1. The van der Waals surface area contributed by atoms with Crippen molar-refractivity contribution >= 4 is 22.6 Å². The Morgan fingerprint density at radius 1 is 1.19 bits per heavy atom. The number of anilines is 1. The van der Waals surface area contributed by atoms with Crippen LogP contribution in [0, 0.1) is 6.92 Å². The summed E-state index contributed by atoms with van der Waals surface area (Å²) in [6.07, 6.45) is -1.01. The molecule has 1 N–H and O–H groups in total. The number of aliphatic hydroxyl groups excluding tert-OH is 1. The lowest BCUT2D eigenvalue weighted by Crippen LogP contribution is -2.28. The van der Waals surface area contributed by atoms with Crippen molar-refractivity contribution in [3.8, 4) is 0 Å². The smallest absolute Gasteiger partial charge is 0.262 e. The number of hydrogen-bond acceptors (Lipinski definition) is 4. The molecule has 0 aliphatic carbocycles. The molecule has 0 spiro atoms. The number of aromatic nitrogens is 2. The third-order valence-corrected chi connectivity index (χ3v) is 4.81. The van der Waals surface area contributed by atoms with Crippen molar-refractivity contribution in [2.75, 3.05) is 25.5 Å². The van der Waals surface area contributed by atoms with E-state index < -0.39 is 6.23 Å². The zero-order valence-corrected chi connectivity index (χ0v) is 15.2. The molecule has 2 aromatic carbocycles. The van der Waals surface area contributed by atoms with Crippen LogP contribution in [0.4, 0.5) is 5.82 Å². The molecule has 1 unspecified atom stereocenters. The number of fused-ring (bicyclic) bond motifs is 2. The highest BCUT2D eigenvalue weighted by Gasteiger charge is 2.38. The lowest BCUT2D eigenvalue weighted by Gasteiger charge is -2.18. The Hall–Kier alpha value is -2.70. The molecule has 1 atom stereocenters. The molecule has 1 aromatic heterocycles. The molecule has 0 saturated heterocycles. The second-order valence-corrected chi connectivity index (χ2v) is 7.01. The summed E-state index contributed by atoms with van der Waals surface area (Å²) in [6, 6.07) is 13.3. The first-order chi connectivity index (χ1) is 12.5. The molecule has 0 bridgehead atoms. The molecule has 134 valence electrons. The molecule has 6 heteroatoms. The van der Waals surface area contributed by atoms with Gasteiger partial charge >= 0.3 is 0 Å². The highest BCUT2D eigenvalue weighted by atomic mass is 16.3. The van der Waals surface area contributed by atoms with Crippen LogP contribution in [-0.4, -0.2) is 46.3 Å². The Labute approximate surface area is 152 Å². The third-order valence-electron chi connectivity index (χ3n) is 4.81. The second kappa shape index (κ2) is 6.23. The van der Waals surface area contributed by atoms with Crippen LogP contribution in [0.3, 0.4) is 0 Å². The first-order valence-corrected chi connectivity index (χ1v) is 8.70. The average molecular weight is 350 g/mol. The summed E-state index contributed by atoms with van der Waals surface area (Å²) >= 11 is 0. The molecule has 1 aliphatic rings. The van der Waals surface area contributed by atoms with E-state index in [4.69, 9.17) is 5.10 Å². The maximum Gasteiger partial charge on any atom is 0.262 e. The van der Waals surface area contributed by atoms with E-state index in [1.807, 2.05) is 56.0 Å². The highest BCUT2D eigenvalue weighted by molar-refractivity contribution is 6.13. The standard InChI is InChI=1S/C20H22N4O2/c1-13-8-9-17-16(12-13)18(21-23(17)11-10-22(2)3)24-19(25)14-6-4-5-7-15(14)20(24)26/h4-9,12,19,25H,10-11H2,1-3H3. The maximum atomic E-state index is 12.9. The van der Waals surface area contributed by atoms with Crippen molar-refractivity contribution in [1.29, 1.82) is 0 Å². The minimum atomic E-state index is -1.01. The summed E-state index contributed by atoms with van der Waals surface area (Å²) in [4.78, 5) is 16.4. The number of rotatable bonds is 4. The summed E-state index contributed by atoms with van der Waals surface area (Å²) in [6.45, 7) is 3.55. The number of carbonyl (C=O) groups excluding carboxylic acids is 1. The number of amides is 1. The predicted molar refractivity (Wildman–Crippen MR) is 101 cm³/mol. The Bertz CT molecular complexity index is 993. The summed E-state index contributed by atoms with van der Waals surface area (Å²) in [7, 11) is 4.03. The molecule has 4 rings (SSSR count). The van der Waals surface area contributed by atoms with E-state index in [9.17, 15) is 9.90 Å². The second-order valence-electron chi connectivity index (χ2n) is 7.01. The zero-order chi connectivity index (χ0) is 18.4. The van der Waals surface area contributed by atoms with E-state index in [1.165, 1.54) is 4.90 Å². The fraction of sp³-hybridized carbons (Fsp3) is 0.300. The number of aliphatic hydroxyl groups is 1. The Morgan fingerprint density at radius 2 is 1.96 bits per heavy atom. The van der Waals surface area contributed by atoms with Gasteiger partial charge in [0.25, 0.3) is 5.91 Å². The topological polar surface area (TPSA) is 61.6 Å². The van der Waals surface area contributed by atoms with Gasteiger partial charge in [-0.3, -0.25) is 14.4 Å². The van der Waals surface area contributed by atoms with E-state index in [-0.39, 0.29) is 5.91 Å². The van der Waals surface area contributed by atoms with E-state index in [0.717, 1.165) is 23.0 Å². The van der Waals surface area contributed by atoms with Crippen LogP contribution in [-0.2, 0) is 6.54 Å². The number of nitrogens with zero attached hydrogens (tertiary/aromatic N) is 4. The van der Waals surface area contributed by atoms with Crippen LogP contribution < -0.4 is 4.90 Å². The quantitative estimate of drug-likeness (QED) is 0.786. The van der Waals surface area contributed by atoms with Gasteiger partial charge < -0.3 is 10.0 Å². The molecular formula is C20H22N4O2. The van der Waals surface area contributed by atoms with Crippen LogP contribution >= 0.6 is 0 Å². The Morgan fingerprint density at radius 3 is 2.69 bits per heavy atom. The van der Waals surface area contributed by atoms with Crippen LogP contribution in [0.15, 0.2) is 42.5 Å². The van der Waals surface area contributed by atoms with Gasteiger partial charge in [0, 0.05) is 23.1 Å². The fourth-order valence-electron chi connectivity index (χ4n) is 3.43. The maximum absolute atomic E-state index is 12.9. The minimum absolute atomic E-state index is 0.214. The SMILES string of the molecule is Cc1ccc2c(c1)c(N1C(=O)c3ccccc3C1O)nn2CCN(C)C. The van der Waals surface area contributed by atoms with Gasteiger partial charge in [-0.05, 0) is 39.2 Å². The van der Waals surface area contributed by atoms with E-state index in [0.29, 0.717) is 23.5 Å². The largest absolute Gasteiger partial charge is 0.369 e. The van der Waals surface area contributed by atoms with Crippen molar-refractivity contribution in [3.63, 3.8) is 0 Å². The van der Waals surface area contributed by atoms with Crippen LogP contribution in [0.25, 0.3) is 10.9 Å². The summed E-state index contributed by atoms with van der Waals surface area (Å²) in [5.74, 6) is 0.296. The normalized spacial score (nSPS) is 16.7. The van der Waals surface area contributed by atoms with Gasteiger partial charge in [-0.1, -0.05) is 29.8 Å². The van der Waals surface area contributed by atoms with Crippen LogP contribution in [0.1, 0.15) is 27.7 Å². The van der Waals surface area contributed by atoms with E-state index in [1.54, 1.807) is 12.1 Å². The molecule has 1 amide bonds. The van der Waals surface area contributed by atoms with Gasteiger partial charge in [-0.25, -0.2) is 0 Å². The Kier molecular flexibility index (Phi) is 4.01. The van der Waals surface area contributed by atoms with Crippen molar-refractivity contribution in [3.05, 3.63) is 59.2 Å². The van der Waals surface area contributed by atoms with Gasteiger partial charge in [0.1, 0.15) is 0 Å². The molecule has 0 saturated carbocycles. The van der Waals surface area contributed by atoms with Crippen molar-refractivity contribution in [1.82, 2.24) is 14.7 Å². The molecule has 3 aromatic rings. The number of benzene rings is 2. The molecule has 0 radical (unpaired) electrons. The minimum Gasteiger partial charge on any atom is -0.369 e. The van der Waals surface area contributed by atoms with Crippen molar-refractivity contribution in [2.24, 2.45) is 0 Å². The molecular weight excluding hydrogens is 328 g/mol. The number of carbonyl (C=O) groups is 1. The monoisotopic (exact) mass is 350 g/mol. The van der Waals surface area contributed by atoms with Crippen molar-refractivity contribution in [2.45, 2.75) is 19.7 Å². The number of likely N-dealkylation sites (N-methyl/N-ethyl adjacent to an activating group) is 1. The summed E-state index contributed by atoms with van der Waals surface area (Å²) in [5, 5.41) is 16.4. The van der Waals surface area contributed by atoms with E-state index >= 15 is 0 Å². The molecule has 26 heavy (non-hydrogen) atoms.